The van der Waals surface area contributed by atoms with Gasteiger partial charge >= 0.3 is 0 Å². The topological polar surface area (TPSA) is 135 Å². The van der Waals surface area contributed by atoms with E-state index in [9.17, 15) is 10.1 Å². The molecule has 1 atom stereocenters. The van der Waals surface area contributed by atoms with E-state index >= 15 is 0 Å². The molecule has 1 aromatic carbocycles. The predicted molar refractivity (Wildman–Crippen MR) is 93.4 cm³/mol. The Bertz CT molecular complexity index is 964. The van der Waals surface area contributed by atoms with Crippen LogP contribution in [-0.4, -0.2) is 18.0 Å². The Morgan fingerprint density at radius 2 is 2.00 bits per heavy atom. The maximum atomic E-state index is 12.4. The van der Waals surface area contributed by atoms with Crippen molar-refractivity contribution < 1.29 is 19.3 Å². The van der Waals surface area contributed by atoms with E-state index in [0.717, 1.165) is 11.8 Å². The number of anilines is 2. The van der Waals surface area contributed by atoms with Crippen molar-refractivity contribution in [2.45, 2.75) is 17.2 Å². The summed E-state index contributed by atoms with van der Waals surface area (Å²) in [5, 5.41) is 20.9. The summed E-state index contributed by atoms with van der Waals surface area (Å²) in [6.07, 6.45) is 0. The van der Waals surface area contributed by atoms with Gasteiger partial charge in [-0.15, -0.1) is 0 Å². The zero-order valence-electron chi connectivity index (χ0n) is 13.7. The number of nitrogens with one attached hydrogen (secondary N) is 2. The van der Waals surface area contributed by atoms with E-state index in [2.05, 4.69) is 10.3 Å². The number of carbonyl (C=O) groups excluding carboxylic acids is 1. The minimum absolute atomic E-state index is 0.150. The summed E-state index contributed by atoms with van der Waals surface area (Å²) >= 11 is 1.15. The lowest BCUT2D eigenvalue weighted by atomic mass is 10.2. The van der Waals surface area contributed by atoms with Crippen molar-refractivity contribution in [2.24, 2.45) is 0 Å². The fourth-order valence-corrected chi connectivity index (χ4v) is 3.18. The lowest BCUT2D eigenvalue weighted by Gasteiger charge is -2.12. The highest BCUT2D eigenvalue weighted by Crippen LogP contribution is 2.34. The third kappa shape index (κ3) is 3.48. The second-order valence-corrected chi connectivity index (χ2v) is 6.73. The van der Waals surface area contributed by atoms with Crippen LogP contribution < -0.4 is 25.5 Å². The van der Waals surface area contributed by atoms with Gasteiger partial charge in [0, 0.05) is 11.8 Å². The van der Waals surface area contributed by atoms with E-state index in [4.69, 9.17) is 20.5 Å². The molecule has 26 heavy (non-hydrogen) atoms. The van der Waals surface area contributed by atoms with Crippen molar-refractivity contribution >= 4 is 29.2 Å². The number of H-pyrrole nitrogens is 1. The lowest BCUT2D eigenvalue weighted by molar-refractivity contribution is -0.410. The number of carbonyl (C=O) groups is 1. The number of nitrogen functional groups attached to an aromatic ring is 1. The molecule has 1 aromatic heterocycles. The molecule has 9 heteroatoms. The SMILES string of the molecule is C[C@@H](Sc1[nH+]c(N)c(C#N)cc1C#N)C(=O)Nc1ccc2c(c1)OCO2. The number of rotatable bonds is 4. The number of pyridine rings is 1. The largest absolute Gasteiger partial charge is 0.454 e. The number of hydrogen-bond acceptors (Lipinski definition) is 7. The summed E-state index contributed by atoms with van der Waals surface area (Å²) in [6.45, 7) is 1.86. The maximum absolute atomic E-state index is 12.4. The zero-order valence-corrected chi connectivity index (χ0v) is 14.5. The van der Waals surface area contributed by atoms with E-state index in [1.54, 1.807) is 25.1 Å². The number of nitriles is 2. The van der Waals surface area contributed by atoms with Gasteiger partial charge in [-0.3, -0.25) is 10.5 Å². The molecule has 0 saturated heterocycles. The number of nitrogens with zero attached hydrogens (tertiary/aromatic N) is 2. The van der Waals surface area contributed by atoms with E-state index in [1.165, 1.54) is 6.07 Å². The van der Waals surface area contributed by atoms with E-state index in [-0.39, 0.29) is 29.6 Å². The van der Waals surface area contributed by atoms with Crippen molar-refractivity contribution in [2.75, 3.05) is 17.8 Å². The van der Waals surface area contributed by atoms with Gasteiger partial charge in [-0.05, 0) is 25.1 Å². The van der Waals surface area contributed by atoms with Gasteiger partial charge in [0.2, 0.25) is 12.7 Å². The van der Waals surface area contributed by atoms with Gasteiger partial charge < -0.3 is 14.8 Å². The molecular formula is C17H14N5O3S+. The first-order valence-corrected chi connectivity index (χ1v) is 8.43. The Hall–Kier alpha value is -3.43. The Labute approximate surface area is 153 Å². The monoisotopic (exact) mass is 368 g/mol. The highest BCUT2D eigenvalue weighted by molar-refractivity contribution is 8.00. The second-order valence-electron chi connectivity index (χ2n) is 5.38. The molecule has 4 N–H and O–H groups in total. The number of hydrogen-bond donors (Lipinski definition) is 2. The average molecular weight is 368 g/mol. The highest BCUT2D eigenvalue weighted by atomic mass is 32.2. The first-order chi connectivity index (χ1) is 12.5. The smallest absolute Gasteiger partial charge is 0.289 e. The van der Waals surface area contributed by atoms with Crippen molar-refractivity contribution in [1.29, 1.82) is 10.5 Å². The van der Waals surface area contributed by atoms with Crippen molar-refractivity contribution in [3.05, 3.63) is 35.4 Å². The van der Waals surface area contributed by atoms with Crippen molar-refractivity contribution in [3.63, 3.8) is 0 Å². The highest BCUT2D eigenvalue weighted by Gasteiger charge is 2.22. The fraction of sp³-hybridized carbons (Fsp3) is 0.176. The van der Waals surface area contributed by atoms with E-state index in [1.807, 2.05) is 12.1 Å². The third-order valence-corrected chi connectivity index (χ3v) is 4.74. The van der Waals surface area contributed by atoms with Crippen LogP contribution in [0.15, 0.2) is 29.3 Å². The molecule has 0 aliphatic carbocycles. The number of nitrogens with two attached hydrogens (primary N) is 1. The number of amides is 1. The zero-order chi connectivity index (χ0) is 18.7. The molecule has 1 amide bonds. The summed E-state index contributed by atoms with van der Waals surface area (Å²) in [5.41, 5.74) is 6.77. The summed E-state index contributed by atoms with van der Waals surface area (Å²) in [6, 6.07) is 10.4. The quantitative estimate of drug-likeness (QED) is 0.784. The van der Waals surface area contributed by atoms with Crippen molar-refractivity contribution in [3.8, 4) is 23.6 Å². The summed E-state index contributed by atoms with van der Waals surface area (Å²) in [7, 11) is 0. The average Bonchev–Trinajstić information content (AvgIpc) is 3.09. The Morgan fingerprint density at radius 3 is 2.73 bits per heavy atom. The number of ether oxygens (including phenoxy) is 2. The Balaban J connectivity index is 1.73. The normalized spacial score (nSPS) is 12.7. The lowest BCUT2D eigenvalue weighted by Crippen LogP contribution is -2.25. The molecular weight excluding hydrogens is 354 g/mol. The van der Waals surface area contributed by atoms with Gasteiger partial charge in [0.25, 0.3) is 5.82 Å². The molecule has 3 rings (SSSR count). The van der Waals surface area contributed by atoms with Gasteiger partial charge in [-0.2, -0.15) is 10.5 Å². The minimum Gasteiger partial charge on any atom is -0.454 e. The molecule has 2 aromatic rings. The van der Waals surface area contributed by atoms with Crippen LogP contribution in [0.25, 0.3) is 0 Å². The van der Waals surface area contributed by atoms with E-state index in [0.29, 0.717) is 22.2 Å². The molecule has 0 unspecified atom stereocenters. The molecule has 130 valence electrons. The number of thioether (sulfide) groups is 1. The van der Waals surface area contributed by atoms with Crippen molar-refractivity contribution in [1.82, 2.24) is 0 Å². The van der Waals surface area contributed by atoms with E-state index < -0.39 is 5.25 Å². The standard InChI is InChI=1S/C17H13N5O3S/c1-9(26-17-11(7-19)4-10(6-18)15(20)22-17)16(23)21-12-2-3-13-14(5-12)25-8-24-13/h2-5,9H,8H2,1H3,(H2,20,22)(H,21,23)/p+1/t9-/m1/s1. The van der Waals surface area contributed by atoms with Crippen LogP contribution in [0.2, 0.25) is 0 Å². The number of fused-ring (bicyclic) bond motifs is 1. The summed E-state index contributed by atoms with van der Waals surface area (Å²) < 4.78 is 10.5. The van der Waals surface area contributed by atoms with Crippen LogP contribution in [0.5, 0.6) is 11.5 Å². The predicted octanol–water partition coefficient (Wildman–Crippen LogP) is 1.67. The first-order valence-electron chi connectivity index (χ1n) is 7.55. The number of aromatic amines is 1. The molecule has 1 aliphatic rings. The van der Waals surface area contributed by atoms with Gasteiger partial charge in [-0.25, -0.2) is 4.98 Å². The molecule has 0 radical (unpaired) electrons. The Morgan fingerprint density at radius 1 is 1.27 bits per heavy atom. The number of benzene rings is 1. The molecule has 0 bridgehead atoms. The maximum Gasteiger partial charge on any atom is 0.289 e. The second kappa shape index (κ2) is 7.21. The molecule has 0 spiro atoms. The number of aromatic nitrogens is 1. The molecule has 2 heterocycles. The van der Waals surface area contributed by atoms with Gasteiger partial charge in [0.05, 0.1) is 5.25 Å². The molecule has 0 fully saturated rings. The molecule has 8 nitrogen and oxygen atoms in total. The van der Waals surface area contributed by atoms with Gasteiger partial charge in [0.1, 0.15) is 23.3 Å². The summed E-state index contributed by atoms with van der Waals surface area (Å²) in [4.78, 5) is 15.2. The molecule has 1 aliphatic heterocycles. The van der Waals surface area contributed by atoms with Crippen LogP contribution in [-0.2, 0) is 4.79 Å². The first kappa shape index (κ1) is 17.4. The minimum atomic E-state index is -0.517. The van der Waals surface area contributed by atoms with Crippen LogP contribution in [0.1, 0.15) is 18.1 Å². The fourth-order valence-electron chi connectivity index (χ4n) is 2.26. The molecule has 0 saturated carbocycles. The van der Waals surface area contributed by atoms with Gasteiger partial charge in [0.15, 0.2) is 16.5 Å². The third-order valence-electron chi connectivity index (χ3n) is 3.62. The van der Waals surface area contributed by atoms with Crippen LogP contribution in [0, 0.1) is 22.7 Å². The van der Waals surface area contributed by atoms with Crippen LogP contribution in [0.3, 0.4) is 0 Å². The van der Waals surface area contributed by atoms with Gasteiger partial charge in [-0.1, -0.05) is 11.8 Å². The Kier molecular flexibility index (Phi) is 4.83. The van der Waals surface area contributed by atoms with Crippen LogP contribution >= 0.6 is 11.8 Å². The van der Waals surface area contributed by atoms with Crippen LogP contribution in [0.4, 0.5) is 11.5 Å². The summed E-state index contributed by atoms with van der Waals surface area (Å²) in [5.74, 6) is 1.10.